The number of anilines is 1. The van der Waals surface area contributed by atoms with E-state index in [-0.39, 0.29) is 5.60 Å². The molecule has 2 aliphatic rings. The summed E-state index contributed by atoms with van der Waals surface area (Å²) in [6, 6.07) is 10.3. The lowest BCUT2D eigenvalue weighted by molar-refractivity contribution is -0.134. The summed E-state index contributed by atoms with van der Waals surface area (Å²) in [6.45, 7) is 8.38. The SMILES string of the molecule is Cc1cccc(CN2CCO[C@@]3(COCCN(c4cccnc4)C3)C2)n1. The molecule has 2 saturated heterocycles. The molecule has 4 heterocycles. The van der Waals surface area contributed by atoms with Crippen LogP contribution in [-0.4, -0.2) is 66.5 Å². The number of nitrogens with zero attached hydrogens (tertiary/aromatic N) is 4. The fraction of sp³-hybridized carbons (Fsp3) is 0.500. The first-order valence-corrected chi connectivity index (χ1v) is 9.24. The van der Waals surface area contributed by atoms with E-state index >= 15 is 0 Å². The first kappa shape index (κ1) is 17.4. The summed E-state index contributed by atoms with van der Waals surface area (Å²) in [6.07, 6.45) is 3.72. The number of pyridine rings is 2. The highest BCUT2D eigenvalue weighted by Gasteiger charge is 2.40. The molecule has 0 amide bonds. The smallest absolute Gasteiger partial charge is 0.121 e. The van der Waals surface area contributed by atoms with Crippen LogP contribution in [0.15, 0.2) is 42.7 Å². The summed E-state index contributed by atoms with van der Waals surface area (Å²) >= 11 is 0. The Balaban J connectivity index is 1.49. The quantitative estimate of drug-likeness (QED) is 0.839. The highest BCUT2D eigenvalue weighted by molar-refractivity contribution is 5.44. The Morgan fingerprint density at radius 1 is 1.12 bits per heavy atom. The van der Waals surface area contributed by atoms with E-state index in [1.54, 1.807) is 6.20 Å². The Kier molecular flexibility index (Phi) is 5.15. The van der Waals surface area contributed by atoms with Gasteiger partial charge < -0.3 is 14.4 Å². The highest BCUT2D eigenvalue weighted by Crippen LogP contribution is 2.26. The van der Waals surface area contributed by atoms with Gasteiger partial charge in [-0.1, -0.05) is 6.07 Å². The van der Waals surface area contributed by atoms with Crippen molar-refractivity contribution in [1.82, 2.24) is 14.9 Å². The van der Waals surface area contributed by atoms with E-state index in [4.69, 9.17) is 9.47 Å². The molecule has 0 unspecified atom stereocenters. The van der Waals surface area contributed by atoms with Crippen molar-refractivity contribution in [3.63, 3.8) is 0 Å². The summed E-state index contributed by atoms with van der Waals surface area (Å²) in [5.41, 5.74) is 2.99. The summed E-state index contributed by atoms with van der Waals surface area (Å²) < 4.78 is 12.2. The van der Waals surface area contributed by atoms with Crippen LogP contribution in [0.5, 0.6) is 0 Å². The molecule has 0 N–H and O–H groups in total. The molecule has 26 heavy (non-hydrogen) atoms. The Hall–Kier alpha value is -2.02. The van der Waals surface area contributed by atoms with Crippen molar-refractivity contribution < 1.29 is 9.47 Å². The van der Waals surface area contributed by atoms with Crippen LogP contribution in [0.25, 0.3) is 0 Å². The standard InChI is InChI=1S/C20H26N4O2/c1-17-4-2-5-18(22-17)13-23-8-11-26-20(14-23)15-24(9-10-25-16-20)19-6-3-7-21-12-19/h2-7,12H,8-11,13-16H2,1H3/t20-/m0/s1. The highest BCUT2D eigenvalue weighted by atomic mass is 16.5. The zero-order valence-corrected chi connectivity index (χ0v) is 15.3. The van der Waals surface area contributed by atoms with E-state index in [1.165, 1.54) is 0 Å². The molecule has 2 aromatic heterocycles. The van der Waals surface area contributed by atoms with Crippen molar-refractivity contribution in [2.24, 2.45) is 0 Å². The predicted octanol–water partition coefficient (Wildman–Crippen LogP) is 1.89. The van der Waals surface area contributed by atoms with E-state index in [9.17, 15) is 0 Å². The topological polar surface area (TPSA) is 50.7 Å². The van der Waals surface area contributed by atoms with Crippen LogP contribution in [0.4, 0.5) is 5.69 Å². The van der Waals surface area contributed by atoms with E-state index < -0.39 is 0 Å². The molecule has 6 nitrogen and oxygen atoms in total. The number of morpholine rings is 1. The van der Waals surface area contributed by atoms with Crippen LogP contribution in [0.3, 0.4) is 0 Å². The number of rotatable bonds is 3. The average Bonchev–Trinajstić information content (AvgIpc) is 2.85. The van der Waals surface area contributed by atoms with Gasteiger partial charge in [-0.15, -0.1) is 0 Å². The summed E-state index contributed by atoms with van der Waals surface area (Å²) in [5.74, 6) is 0. The van der Waals surface area contributed by atoms with Gasteiger partial charge in [-0.3, -0.25) is 14.9 Å². The normalized spacial score (nSPS) is 24.6. The second-order valence-electron chi connectivity index (χ2n) is 7.20. The molecular weight excluding hydrogens is 328 g/mol. The van der Waals surface area contributed by atoms with Gasteiger partial charge in [-0.2, -0.15) is 0 Å². The summed E-state index contributed by atoms with van der Waals surface area (Å²) in [7, 11) is 0. The van der Waals surface area contributed by atoms with Crippen LogP contribution >= 0.6 is 0 Å². The van der Waals surface area contributed by atoms with Gasteiger partial charge in [0.15, 0.2) is 0 Å². The molecule has 2 aromatic rings. The molecule has 0 saturated carbocycles. The van der Waals surface area contributed by atoms with Crippen molar-refractivity contribution in [3.05, 3.63) is 54.1 Å². The largest absolute Gasteiger partial charge is 0.376 e. The molecule has 1 atom stereocenters. The van der Waals surface area contributed by atoms with Gasteiger partial charge in [0, 0.05) is 38.1 Å². The molecule has 0 bridgehead atoms. The predicted molar refractivity (Wildman–Crippen MR) is 100 cm³/mol. The van der Waals surface area contributed by atoms with Gasteiger partial charge in [0.25, 0.3) is 0 Å². The minimum Gasteiger partial charge on any atom is -0.376 e. The van der Waals surface area contributed by atoms with Crippen molar-refractivity contribution in [2.75, 3.05) is 50.9 Å². The molecule has 1 spiro atoms. The lowest BCUT2D eigenvalue weighted by atomic mass is 10.0. The third-order valence-corrected chi connectivity index (χ3v) is 5.02. The molecule has 2 aliphatic heterocycles. The van der Waals surface area contributed by atoms with Gasteiger partial charge in [0.2, 0.25) is 0 Å². The Bertz CT molecular complexity index is 727. The van der Waals surface area contributed by atoms with Crippen LogP contribution < -0.4 is 4.90 Å². The maximum absolute atomic E-state index is 6.28. The van der Waals surface area contributed by atoms with Crippen LogP contribution in [0.2, 0.25) is 0 Å². The lowest BCUT2D eigenvalue weighted by Gasteiger charge is -2.43. The van der Waals surface area contributed by atoms with E-state index in [2.05, 4.69) is 38.0 Å². The monoisotopic (exact) mass is 354 g/mol. The number of hydrogen-bond acceptors (Lipinski definition) is 6. The third kappa shape index (κ3) is 4.03. The molecule has 4 rings (SSSR count). The maximum atomic E-state index is 6.28. The minimum atomic E-state index is -0.311. The lowest BCUT2D eigenvalue weighted by Crippen LogP contribution is -2.58. The van der Waals surface area contributed by atoms with Gasteiger partial charge >= 0.3 is 0 Å². The van der Waals surface area contributed by atoms with Crippen molar-refractivity contribution in [1.29, 1.82) is 0 Å². The summed E-state index contributed by atoms with van der Waals surface area (Å²) in [4.78, 5) is 13.7. The number of ether oxygens (including phenoxy) is 2. The number of hydrogen-bond donors (Lipinski definition) is 0. The molecule has 2 fully saturated rings. The fourth-order valence-corrected chi connectivity index (χ4v) is 3.82. The zero-order chi connectivity index (χ0) is 17.8. The molecule has 0 aliphatic carbocycles. The van der Waals surface area contributed by atoms with Crippen molar-refractivity contribution >= 4 is 5.69 Å². The van der Waals surface area contributed by atoms with E-state index in [0.717, 1.165) is 56.4 Å². The first-order chi connectivity index (χ1) is 12.7. The van der Waals surface area contributed by atoms with Gasteiger partial charge in [0.1, 0.15) is 5.60 Å². The van der Waals surface area contributed by atoms with E-state index in [1.807, 2.05) is 25.3 Å². The number of aromatic nitrogens is 2. The second kappa shape index (κ2) is 7.70. The molecule has 6 heteroatoms. The van der Waals surface area contributed by atoms with Crippen LogP contribution in [0.1, 0.15) is 11.4 Å². The second-order valence-corrected chi connectivity index (χ2v) is 7.20. The van der Waals surface area contributed by atoms with Gasteiger partial charge in [-0.25, -0.2) is 0 Å². The van der Waals surface area contributed by atoms with Crippen LogP contribution in [-0.2, 0) is 16.0 Å². The fourth-order valence-electron chi connectivity index (χ4n) is 3.82. The van der Waals surface area contributed by atoms with Gasteiger partial charge in [-0.05, 0) is 31.2 Å². The molecule has 0 aromatic carbocycles. The Morgan fingerprint density at radius 3 is 2.92 bits per heavy atom. The number of aryl methyl sites for hydroxylation is 1. The van der Waals surface area contributed by atoms with Crippen LogP contribution in [0, 0.1) is 6.92 Å². The average molecular weight is 354 g/mol. The van der Waals surface area contributed by atoms with Gasteiger partial charge in [0.05, 0.1) is 43.9 Å². The Labute approximate surface area is 154 Å². The maximum Gasteiger partial charge on any atom is 0.121 e. The molecule has 0 radical (unpaired) electrons. The van der Waals surface area contributed by atoms with Crippen molar-refractivity contribution in [2.45, 2.75) is 19.1 Å². The van der Waals surface area contributed by atoms with E-state index in [0.29, 0.717) is 13.2 Å². The Morgan fingerprint density at radius 2 is 2.08 bits per heavy atom. The third-order valence-electron chi connectivity index (χ3n) is 5.02. The van der Waals surface area contributed by atoms with Crippen molar-refractivity contribution in [3.8, 4) is 0 Å². The molecular formula is C20H26N4O2. The molecule has 138 valence electrons. The zero-order valence-electron chi connectivity index (χ0n) is 15.3. The summed E-state index contributed by atoms with van der Waals surface area (Å²) in [5, 5.41) is 0. The minimum absolute atomic E-state index is 0.311. The first-order valence-electron chi connectivity index (χ1n) is 9.24.